The molecule has 1 heterocycles. The lowest BCUT2D eigenvalue weighted by atomic mass is 10.2. The van der Waals surface area contributed by atoms with Gasteiger partial charge in [0.15, 0.2) is 11.5 Å². The van der Waals surface area contributed by atoms with Crippen LogP contribution in [0.2, 0.25) is 0 Å². The Hall–Kier alpha value is -3.85. The summed E-state index contributed by atoms with van der Waals surface area (Å²) in [6.45, 7) is 2.75. The van der Waals surface area contributed by atoms with Crippen LogP contribution in [0.15, 0.2) is 70.2 Å². The van der Waals surface area contributed by atoms with Crippen LogP contribution in [0.5, 0.6) is 23.0 Å². The number of nitrogens with one attached hydrogen (secondary N) is 1. The molecule has 0 aromatic heterocycles. The highest BCUT2D eigenvalue weighted by molar-refractivity contribution is 9.10. The van der Waals surface area contributed by atoms with Crippen LogP contribution >= 0.6 is 15.9 Å². The Morgan fingerprint density at radius 2 is 1.79 bits per heavy atom. The van der Waals surface area contributed by atoms with Gasteiger partial charge in [-0.1, -0.05) is 22.9 Å². The monoisotopic (exact) mass is 524 g/mol. The lowest BCUT2D eigenvalue weighted by Gasteiger charge is -2.09. The molecule has 1 amide bonds. The van der Waals surface area contributed by atoms with Crippen LogP contribution in [0, 0.1) is 0 Å². The standard InChI is InChI=1S/C25H21BrN2O6/c1-2-11-31-20-7-3-16(4-8-20)25(30)34-21-10-6-19(26)12-18(21)14-27-28-24(29)17-5-9-22-23(13-17)33-15-32-22/h3-10,12-14H,2,11,15H2,1H3,(H,28,29). The number of halogens is 1. The molecule has 0 atom stereocenters. The second-order valence-corrected chi connectivity index (χ2v) is 8.13. The van der Waals surface area contributed by atoms with Crippen LogP contribution in [0.3, 0.4) is 0 Å². The molecule has 0 saturated carbocycles. The fourth-order valence-electron chi connectivity index (χ4n) is 3.04. The molecule has 1 aliphatic heterocycles. The summed E-state index contributed by atoms with van der Waals surface area (Å²) >= 11 is 3.39. The molecule has 3 aromatic carbocycles. The number of rotatable bonds is 8. The fourth-order valence-corrected chi connectivity index (χ4v) is 3.42. The van der Waals surface area contributed by atoms with E-state index in [1.54, 1.807) is 60.7 Å². The van der Waals surface area contributed by atoms with Gasteiger partial charge in [-0.2, -0.15) is 5.10 Å². The van der Waals surface area contributed by atoms with Crippen LogP contribution in [0.25, 0.3) is 0 Å². The van der Waals surface area contributed by atoms with Gasteiger partial charge in [0.1, 0.15) is 11.5 Å². The predicted octanol–water partition coefficient (Wildman–Crippen LogP) is 4.95. The van der Waals surface area contributed by atoms with E-state index in [0.29, 0.717) is 46.3 Å². The maximum atomic E-state index is 12.6. The van der Waals surface area contributed by atoms with E-state index in [2.05, 4.69) is 26.5 Å². The number of benzene rings is 3. The van der Waals surface area contributed by atoms with Crippen LogP contribution in [-0.2, 0) is 0 Å². The first-order chi connectivity index (χ1) is 16.5. The van der Waals surface area contributed by atoms with E-state index >= 15 is 0 Å². The molecular weight excluding hydrogens is 504 g/mol. The van der Waals surface area contributed by atoms with Gasteiger partial charge in [0.2, 0.25) is 6.79 Å². The largest absolute Gasteiger partial charge is 0.494 e. The number of fused-ring (bicyclic) bond motifs is 1. The quantitative estimate of drug-likeness (QED) is 0.194. The first-order valence-corrected chi connectivity index (χ1v) is 11.3. The molecule has 9 heteroatoms. The zero-order valence-electron chi connectivity index (χ0n) is 18.2. The van der Waals surface area contributed by atoms with Gasteiger partial charge in [-0.05, 0) is 67.1 Å². The predicted molar refractivity (Wildman–Crippen MR) is 129 cm³/mol. The normalized spacial score (nSPS) is 11.9. The summed E-state index contributed by atoms with van der Waals surface area (Å²) in [7, 11) is 0. The summed E-state index contributed by atoms with van der Waals surface area (Å²) in [6, 6.07) is 16.7. The number of carbonyl (C=O) groups excluding carboxylic acids is 2. The van der Waals surface area contributed by atoms with Crippen molar-refractivity contribution in [1.82, 2.24) is 5.43 Å². The molecule has 0 fully saturated rings. The second kappa shape index (κ2) is 10.8. The molecule has 0 radical (unpaired) electrons. The van der Waals surface area contributed by atoms with Gasteiger partial charge in [-0.25, -0.2) is 10.2 Å². The summed E-state index contributed by atoms with van der Waals surface area (Å²) in [5.74, 6) is 1.12. The van der Waals surface area contributed by atoms with Gasteiger partial charge in [0.05, 0.1) is 18.4 Å². The van der Waals surface area contributed by atoms with Crippen LogP contribution in [0.1, 0.15) is 39.6 Å². The molecule has 8 nitrogen and oxygen atoms in total. The molecule has 174 valence electrons. The van der Waals surface area contributed by atoms with Crippen LogP contribution in [-0.4, -0.2) is 31.5 Å². The zero-order valence-corrected chi connectivity index (χ0v) is 19.8. The van der Waals surface area contributed by atoms with Gasteiger partial charge in [-0.15, -0.1) is 0 Å². The van der Waals surface area contributed by atoms with E-state index in [4.69, 9.17) is 18.9 Å². The van der Waals surface area contributed by atoms with Crippen molar-refractivity contribution in [1.29, 1.82) is 0 Å². The van der Waals surface area contributed by atoms with Gasteiger partial charge < -0.3 is 18.9 Å². The van der Waals surface area contributed by atoms with E-state index in [1.165, 1.54) is 6.21 Å². The van der Waals surface area contributed by atoms with E-state index in [1.807, 2.05) is 6.92 Å². The first-order valence-electron chi connectivity index (χ1n) is 10.5. The minimum absolute atomic E-state index is 0.125. The summed E-state index contributed by atoms with van der Waals surface area (Å²) in [6.07, 6.45) is 2.30. The topological polar surface area (TPSA) is 95.5 Å². The van der Waals surface area contributed by atoms with Gasteiger partial charge in [-0.3, -0.25) is 4.79 Å². The van der Waals surface area contributed by atoms with Crippen molar-refractivity contribution < 1.29 is 28.5 Å². The average molecular weight is 525 g/mol. The number of hydrazone groups is 1. The minimum Gasteiger partial charge on any atom is -0.494 e. The molecule has 0 saturated heterocycles. The van der Waals surface area contributed by atoms with Gasteiger partial charge >= 0.3 is 5.97 Å². The molecule has 0 bridgehead atoms. The van der Waals surface area contributed by atoms with Crippen LogP contribution < -0.4 is 24.4 Å². The molecule has 3 aromatic rings. The third-order valence-corrected chi connectivity index (χ3v) is 5.24. The lowest BCUT2D eigenvalue weighted by molar-refractivity contribution is 0.0734. The molecule has 4 rings (SSSR count). The van der Waals surface area contributed by atoms with Crippen molar-refractivity contribution in [2.45, 2.75) is 13.3 Å². The number of esters is 1. The Balaban J connectivity index is 1.42. The zero-order chi connectivity index (χ0) is 23.9. The highest BCUT2D eigenvalue weighted by Crippen LogP contribution is 2.32. The molecule has 34 heavy (non-hydrogen) atoms. The van der Waals surface area contributed by atoms with E-state index < -0.39 is 11.9 Å². The van der Waals surface area contributed by atoms with Crippen molar-refractivity contribution in [3.8, 4) is 23.0 Å². The van der Waals surface area contributed by atoms with Gasteiger partial charge in [0, 0.05) is 15.6 Å². The highest BCUT2D eigenvalue weighted by atomic mass is 79.9. The molecule has 1 N–H and O–H groups in total. The SMILES string of the molecule is CCCOc1ccc(C(=O)Oc2ccc(Br)cc2C=NNC(=O)c2ccc3c(c2)OCO3)cc1. The summed E-state index contributed by atoms with van der Waals surface area (Å²) in [4.78, 5) is 25.0. The number of amides is 1. The number of hydrogen-bond donors (Lipinski definition) is 1. The fraction of sp³-hybridized carbons (Fsp3) is 0.160. The number of hydrogen-bond acceptors (Lipinski definition) is 7. The van der Waals surface area contributed by atoms with Crippen molar-refractivity contribution in [3.05, 3.63) is 81.8 Å². The number of carbonyl (C=O) groups is 2. The molecule has 0 unspecified atom stereocenters. The molecule has 1 aliphatic rings. The Kier molecular flexibility index (Phi) is 7.44. The van der Waals surface area contributed by atoms with E-state index in [-0.39, 0.29) is 6.79 Å². The Morgan fingerprint density at radius 1 is 1.03 bits per heavy atom. The highest BCUT2D eigenvalue weighted by Gasteiger charge is 2.16. The Bertz CT molecular complexity index is 1230. The maximum absolute atomic E-state index is 12.6. The van der Waals surface area contributed by atoms with Crippen molar-refractivity contribution in [3.63, 3.8) is 0 Å². The van der Waals surface area contributed by atoms with E-state index in [0.717, 1.165) is 10.9 Å². The Morgan fingerprint density at radius 3 is 2.59 bits per heavy atom. The van der Waals surface area contributed by atoms with Crippen molar-refractivity contribution in [2.24, 2.45) is 5.10 Å². The number of nitrogens with zero attached hydrogens (tertiary/aromatic N) is 1. The summed E-state index contributed by atoms with van der Waals surface area (Å²) < 4.78 is 22.4. The van der Waals surface area contributed by atoms with Crippen molar-refractivity contribution in [2.75, 3.05) is 13.4 Å². The van der Waals surface area contributed by atoms with Crippen molar-refractivity contribution >= 4 is 34.0 Å². The minimum atomic E-state index is -0.525. The average Bonchev–Trinajstić information content (AvgIpc) is 3.32. The molecular formula is C25H21BrN2O6. The third kappa shape index (κ3) is 5.74. The third-order valence-electron chi connectivity index (χ3n) is 4.74. The summed E-state index contributed by atoms with van der Waals surface area (Å²) in [5.41, 5.74) is 3.70. The van der Waals surface area contributed by atoms with Crippen LogP contribution in [0.4, 0.5) is 0 Å². The summed E-state index contributed by atoms with van der Waals surface area (Å²) in [5, 5.41) is 4.01. The molecule has 0 spiro atoms. The Labute approximate surface area is 204 Å². The number of ether oxygens (including phenoxy) is 4. The molecule has 0 aliphatic carbocycles. The first kappa shape index (κ1) is 23.3. The maximum Gasteiger partial charge on any atom is 0.343 e. The van der Waals surface area contributed by atoms with E-state index in [9.17, 15) is 9.59 Å². The van der Waals surface area contributed by atoms with Gasteiger partial charge in [0.25, 0.3) is 5.91 Å². The smallest absolute Gasteiger partial charge is 0.343 e. The lowest BCUT2D eigenvalue weighted by Crippen LogP contribution is -2.17. The second-order valence-electron chi connectivity index (χ2n) is 7.21.